The van der Waals surface area contributed by atoms with Gasteiger partial charge in [-0.1, -0.05) is 23.7 Å². The number of anilines is 1. The van der Waals surface area contributed by atoms with Gasteiger partial charge in [-0.2, -0.15) is 0 Å². The number of hydrogen-bond donors (Lipinski definition) is 1. The Morgan fingerprint density at radius 3 is 2.76 bits per heavy atom. The molecule has 17 heavy (non-hydrogen) atoms. The summed E-state index contributed by atoms with van der Waals surface area (Å²) in [7, 11) is 2.02. The monoisotopic (exact) mass is 252 g/mol. The number of halogens is 1. The predicted molar refractivity (Wildman–Crippen MR) is 74.9 cm³/mol. The summed E-state index contributed by atoms with van der Waals surface area (Å²) in [5.74, 6) is 0.700. The second kappa shape index (κ2) is 4.87. The van der Waals surface area contributed by atoms with E-state index in [1.54, 1.807) is 0 Å². The van der Waals surface area contributed by atoms with E-state index in [1.165, 1.54) is 6.42 Å². The molecule has 1 aliphatic rings. The van der Waals surface area contributed by atoms with Crippen LogP contribution in [0.15, 0.2) is 24.3 Å². The molecule has 0 radical (unpaired) electrons. The Hall–Kier alpha value is -0.730. The minimum atomic E-state index is 0.187. The Labute approximate surface area is 109 Å². The highest BCUT2D eigenvalue weighted by molar-refractivity contribution is 6.33. The van der Waals surface area contributed by atoms with Crippen LogP contribution in [-0.4, -0.2) is 25.7 Å². The van der Waals surface area contributed by atoms with E-state index < -0.39 is 0 Å². The van der Waals surface area contributed by atoms with Crippen LogP contribution in [0.3, 0.4) is 0 Å². The van der Waals surface area contributed by atoms with Crippen LogP contribution in [0.2, 0.25) is 5.02 Å². The Morgan fingerprint density at radius 1 is 1.41 bits per heavy atom. The smallest absolute Gasteiger partial charge is 0.0639 e. The van der Waals surface area contributed by atoms with Crippen LogP contribution >= 0.6 is 11.6 Å². The molecule has 1 atom stereocenters. The van der Waals surface area contributed by atoms with Crippen LogP contribution in [-0.2, 0) is 0 Å². The number of hydrogen-bond acceptors (Lipinski definition) is 2. The van der Waals surface area contributed by atoms with Gasteiger partial charge in [0, 0.05) is 12.1 Å². The molecule has 0 spiro atoms. The third-order valence-electron chi connectivity index (χ3n) is 3.60. The maximum Gasteiger partial charge on any atom is 0.0639 e. The Balaban J connectivity index is 2.24. The summed E-state index contributed by atoms with van der Waals surface area (Å²) in [6, 6.07) is 8.13. The molecular weight excluding hydrogens is 232 g/mol. The third-order valence-corrected chi connectivity index (χ3v) is 3.92. The van der Waals surface area contributed by atoms with Gasteiger partial charge in [-0.25, -0.2) is 0 Å². The topological polar surface area (TPSA) is 15.3 Å². The van der Waals surface area contributed by atoms with Crippen molar-refractivity contribution >= 4 is 17.3 Å². The zero-order valence-electron chi connectivity index (χ0n) is 10.8. The van der Waals surface area contributed by atoms with Crippen molar-refractivity contribution in [2.45, 2.75) is 25.8 Å². The molecule has 1 aromatic rings. The largest absolute Gasteiger partial charge is 0.365 e. The van der Waals surface area contributed by atoms with Crippen molar-refractivity contribution in [1.82, 2.24) is 5.32 Å². The quantitative estimate of drug-likeness (QED) is 0.889. The minimum absolute atomic E-state index is 0.187. The Kier molecular flexibility index (Phi) is 3.64. The second-order valence-electron chi connectivity index (χ2n) is 5.50. The van der Waals surface area contributed by atoms with Crippen molar-refractivity contribution in [1.29, 1.82) is 0 Å². The molecule has 0 saturated carbocycles. The zero-order chi connectivity index (χ0) is 12.5. The molecule has 1 aromatic carbocycles. The predicted octanol–water partition coefficient (Wildman–Crippen LogP) is 3.16. The molecule has 94 valence electrons. The molecule has 2 nitrogen and oxygen atoms in total. The van der Waals surface area contributed by atoms with Crippen molar-refractivity contribution in [3.8, 4) is 0 Å². The number of nitrogens with zero attached hydrogens (tertiary/aromatic N) is 1. The van der Waals surface area contributed by atoms with Crippen LogP contribution < -0.4 is 10.2 Å². The van der Waals surface area contributed by atoms with E-state index >= 15 is 0 Å². The summed E-state index contributed by atoms with van der Waals surface area (Å²) in [4.78, 5) is 2.44. The molecule has 1 heterocycles. The average Bonchev–Trinajstić information content (AvgIpc) is 2.55. The maximum atomic E-state index is 6.30. The number of para-hydroxylation sites is 1. The number of rotatable bonds is 3. The molecule has 0 bridgehead atoms. The van der Waals surface area contributed by atoms with Gasteiger partial charge in [-0.3, -0.25) is 0 Å². The summed E-state index contributed by atoms with van der Waals surface area (Å²) < 4.78 is 0. The van der Waals surface area contributed by atoms with E-state index in [0.717, 1.165) is 23.8 Å². The normalized spacial score (nSPS) is 23.1. The van der Waals surface area contributed by atoms with E-state index in [1.807, 2.05) is 19.2 Å². The number of nitrogens with one attached hydrogen (secondary N) is 1. The lowest BCUT2D eigenvalue weighted by molar-refractivity contribution is 0.462. The van der Waals surface area contributed by atoms with Gasteiger partial charge >= 0.3 is 0 Å². The van der Waals surface area contributed by atoms with E-state index in [4.69, 9.17) is 11.6 Å². The second-order valence-corrected chi connectivity index (χ2v) is 5.91. The molecule has 0 aliphatic carbocycles. The van der Waals surface area contributed by atoms with Crippen molar-refractivity contribution in [3.05, 3.63) is 29.3 Å². The first kappa shape index (κ1) is 12.7. The fourth-order valence-corrected chi connectivity index (χ4v) is 3.14. The van der Waals surface area contributed by atoms with Crippen molar-refractivity contribution in [2.75, 3.05) is 25.0 Å². The molecule has 1 fully saturated rings. The van der Waals surface area contributed by atoms with Crippen LogP contribution in [0.1, 0.15) is 20.3 Å². The van der Waals surface area contributed by atoms with Gasteiger partial charge in [0.05, 0.1) is 10.7 Å². The molecule has 0 aromatic heterocycles. The molecule has 2 rings (SSSR count). The highest BCUT2D eigenvalue weighted by Crippen LogP contribution is 2.39. The first-order chi connectivity index (χ1) is 8.04. The van der Waals surface area contributed by atoms with Crippen molar-refractivity contribution < 1.29 is 0 Å². The van der Waals surface area contributed by atoms with E-state index in [0.29, 0.717) is 5.92 Å². The summed E-state index contributed by atoms with van der Waals surface area (Å²) >= 11 is 6.30. The lowest BCUT2D eigenvalue weighted by Gasteiger charge is -2.34. The van der Waals surface area contributed by atoms with E-state index in [-0.39, 0.29) is 5.54 Å². The molecule has 1 unspecified atom stereocenters. The van der Waals surface area contributed by atoms with Gasteiger partial charge in [0.1, 0.15) is 0 Å². The molecule has 3 heteroatoms. The highest BCUT2D eigenvalue weighted by atomic mass is 35.5. The minimum Gasteiger partial charge on any atom is -0.365 e. The van der Waals surface area contributed by atoms with Gasteiger partial charge in [-0.15, -0.1) is 0 Å². The lowest BCUT2D eigenvalue weighted by Crippen LogP contribution is -2.38. The van der Waals surface area contributed by atoms with Gasteiger partial charge in [-0.05, 0) is 51.9 Å². The fraction of sp³-hybridized carbons (Fsp3) is 0.571. The Morgan fingerprint density at radius 2 is 2.12 bits per heavy atom. The van der Waals surface area contributed by atoms with E-state index in [9.17, 15) is 0 Å². The number of benzene rings is 1. The first-order valence-electron chi connectivity index (χ1n) is 6.21. The van der Waals surface area contributed by atoms with Gasteiger partial charge in [0.25, 0.3) is 0 Å². The molecule has 1 aliphatic heterocycles. The highest BCUT2D eigenvalue weighted by Gasteiger charge is 2.38. The van der Waals surface area contributed by atoms with E-state index in [2.05, 4.69) is 36.2 Å². The van der Waals surface area contributed by atoms with Crippen LogP contribution in [0.5, 0.6) is 0 Å². The third kappa shape index (κ3) is 2.58. The molecular formula is C14H21ClN2. The van der Waals surface area contributed by atoms with Crippen LogP contribution in [0.4, 0.5) is 5.69 Å². The van der Waals surface area contributed by atoms with Gasteiger partial charge < -0.3 is 10.2 Å². The van der Waals surface area contributed by atoms with Crippen LogP contribution in [0, 0.1) is 5.92 Å². The molecule has 0 amide bonds. The van der Waals surface area contributed by atoms with Gasteiger partial charge in [0.15, 0.2) is 0 Å². The van der Waals surface area contributed by atoms with Crippen LogP contribution in [0.25, 0.3) is 0 Å². The van der Waals surface area contributed by atoms with Crippen molar-refractivity contribution in [3.63, 3.8) is 0 Å². The zero-order valence-corrected chi connectivity index (χ0v) is 11.6. The summed E-state index contributed by atoms with van der Waals surface area (Å²) in [5, 5.41) is 4.13. The van der Waals surface area contributed by atoms with Crippen molar-refractivity contribution in [2.24, 2.45) is 5.92 Å². The van der Waals surface area contributed by atoms with Gasteiger partial charge in [0.2, 0.25) is 0 Å². The lowest BCUT2D eigenvalue weighted by atomic mass is 9.96. The first-order valence-corrected chi connectivity index (χ1v) is 6.59. The maximum absolute atomic E-state index is 6.30. The molecule has 1 N–H and O–H groups in total. The fourth-order valence-electron chi connectivity index (χ4n) is 2.91. The Bertz CT molecular complexity index is 390. The summed E-state index contributed by atoms with van der Waals surface area (Å²) in [6.45, 7) is 6.75. The molecule has 1 saturated heterocycles. The standard InChI is InChI=1S/C14H21ClN2/c1-14(2)8-11(9-16-3)10-17(14)13-7-5-4-6-12(13)15/h4-7,11,16H,8-10H2,1-3H3. The SMILES string of the molecule is CNCC1CN(c2ccccc2Cl)C(C)(C)C1. The average molecular weight is 253 g/mol. The summed E-state index contributed by atoms with van der Waals surface area (Å²) in [5.41, 5.74) is 1.35. The summed E-state index contributed by atoms with van der Waals surface area (Å²) in [6.07, 6.45) is 1.21.